The third-order valence-corrected chi connectivity index (χ3v) is 4.97. The van der Waals surface area contributed by atoms with E-state index in [0.717, 1.165) is 5.52 Å². The fraction of sp³-hybridized carbons (Fsp3) is 0.412. The predicted molar refractivity (Wildman–Crippen MR) is 98.9 cm³/mol. The van der Waals surface area contributed by atoms with Crippen LogP contribution in [0.2, 0.25) is 0 Å². The number of hydrogen-bond donors (Lipinski definition) is 1. The van der Waals surface area contributed by atoms with Gasteiger partial charge in [-0.25, -0.2) is 0 Å². The average molecular weight is 359 g/mol. The maximum atomic E-state index is 12.4. The van der Waals surface area contributed by atoms with Gasteiger partial charge < -0.3 is 5.32 Å². The second-order valence-electron chi connectivity index (χ2n) is 6.40. The van der Waals surface area contributed by atoms with Crippen LogP contribution in [0.5, 0.6) is 0 Å². The number of nitrogens with one attached hydrogen (secondary N) is 1. The van der Waals surface area contributed by atoms with Crippen LogP contribution in [-0.4, -0.2) is 36.9 Å². The van der Waals surface area contributed by atoms with Crippen molar-refractivity contribution in [2.75, 3.05) is 6.54 Å². The van der Waals surface area contributed by atoms with Gasteiger partial charge in [0.1, 0.15) is 0 Å². The molecule has 0 saturated carbocycles. The molecular formula is C17H21N5O2S. The number of rotatable bonds is 5. The van der Waals surface area contributed by atoms with Gasteiger partial charge in [-0.3, -0.25) is 18.6 Å². The molecule has 132 valence electrons. The quantitative estimate of drug-likeness (QED) is 0.703. The number of carbonyl (C=O) groups is 1. The molecule has 1 unspecified atom stereocenters. The number of aromatic nitrogens is 4. The van der Waals surface area contributed by atoms with Crippen molar-refractivity contribution in [1.82, 2.24) is 24.5 Å². The Labute approximate surface area is 149 Å². The Morgan fingerprint density at radius 1 is 1.24 bits per heavy atom. The van der Waals surface area contributed by atoms with Crippen LogP contribution in [0.4, 0.5) is 0 Å². The summed E-state index contributed by atoms with van der Waals surface area (Å²) in [6, 6.07) is 7.34. The Hall–Kier alpha value is -2.35. The van der Waals surface area contributed by atoms with Gasteiger partial charge in [-0.05, 0) is 25.0 Å². The molecule has 25 heavy (non-hydrogen) atoms. The van der Waals surface area contributed by atoms with E-state index in [-0.39, 0.29) is 16.7 Å². The van der Waals surface area contributed by atoms with Gasteiger partial charge in [-0.1, -0.05) is 37.7 Å². The molecule has 1 aromatic carbocycles. The normalized spacial score (nSPS) is 12.8. The Balaban J connectivity index is 2.01. The van der Waals surface area contributed by atoms with Crippen molar-refractivity contribution in [2.45, 2.75) is 31.2 Å². The topological polar surface area (TPSA) is 81.3 Å². The highest BCUT2D eigenvalue weighted by atomic mass is 32.2. The minimum absolute atomic E-state index is 0.0374. The molecule has 0 bridgehead atoms. The van der Waals surface area contributed by atoms with Gasteiger partial charge in [-0.15, -0.1) is 10.2 Å². The van der Waals surface area contributed by atoms with Crippen LogP contribution in [0.15, 0.2) is 34.2 Å². The smallest absolute Gasteiger partial charge is 0.262 e. The van der Waals surface area contributed by atoms with Crippen molar-refractivity contribution in [3.8, 4) is 0 Å². The van der Waals surface area contributed by atoms with Crippen LogP contribution in [-0.2, 0) is 11.8 Å². The molecule has 0 fully saturated rings. The van der Waals surface area contributed by atoms with E-state index in [9.17, 15) is 9.59 Å². The van der Waals surface area contributed by atoms with Crippen molar-refractivity contribution in [3.63, 3.8) is 0 Å². The van der Waals surface area contributed by atoms with Crippen LogP contribution in [0.3, 0.4) is 0 Å². The van der Waals surface area contributed by atoms with E-state index in [0.29, 0.717) is 28.8 Å². The van der Waals surface area contributed by atoms with E-state index >= 15 is 0 Å². The molecule has 0 aliphatic heterocycles. The Morgan fingerprint density at radius 3 is 2.68 bits per heavy atom. The van der Waals surface area contributed by atoms with E-state index in [2.05, 4.69) is 29.4 Å². The van der Waals surface area contributed by atoms with Crippen LogP contribution in [0.1, 0.15) is 20.8 Å². The van der Waals surface area contributed by atoms with Crippen molar-refractivity contribution in [2.24, 2.45) is 13.0 Å². The maximum absolute atomic E-state index is 12.4. The number of amides is 1. The molecule has 2 heterocycles. The summed E-state index contributed by atoms with van der Waals surface area (Å²) in [5, 5.41) is 12.1. The monoisotopic (exact) mass is 359 g/mol. The highest BCUT2D eigenvalue weighted by Gasteiger charge is 2.20. The number of nitrogens with zero attached hydrogens (tertiary/aromatic N) is 4. The Kier molecular flexibility index (Phi) is 4.80. The van der Waals surface area contributed by atoms with Gasteiger partial charge in [0, 0.05) is 13.6 Å². The summed E-state index contributed by atoms with van der Waals surface area (Å²) in [4.78, 5) is 24.7. The summed E-state index contributed by atoms with van der Waals surface area (Å²) in [7, 11) is 1.67. The summed E-state index contributed by atoms with van der Waals surface area (Å²) in [6.07, 6.45) is 0. The molecule has 0 aliphatic carbocycles. The maximum Gasteiger partial charge on any atom is 0.262 e. The Morgan fingerprint density at radius 2 is 1.96 bits per heavy atom. The Bertz CT molecular complexity index is 992. The first-order valence-electron chi connectivity index (χ1n) is 8.17. The third-order valence-electron chi connectivity index (χ3n) is 3.93. The number of thioether (sulfide) groups is 1. The summed E-state index contributed by atoms with van der Waals surface area (Å²) in [5.74, 6) is 0.819. The fourth-order valence-electron chi connectivity index (χ4n) is 2.55. The van der Waals surface area contributed by atoms with Crippen LogP contribution in [0, 0.1) is 5.92 Å². The highest BCUT2D eigenvalue weighted by molar-refractivity contribution is 8.00. The highest BCUT2D eigenvalue weighted by Crippen LogP contribution is 2.24. The first kappa shape index (κ1) is 17.5. The lowest BCUT2D eigenvalue weighted by molar-refractivity contribution is -0.120. The third kappa shape index (κ3) is 3.26. The zero-order chi connectivity index (χ0) is 18.1. The second kappa shape index (κ2) is 6.87. The lowest BCUT2D eigenvalue weighted by Crippen LogP contribution is -2.33. The molecule has 8 heteroatoms. The van der Waals surface area contributed by atoms with Crippen molar-refractivity contribution in [1.29, 1.82) is 0 Å². The molecule has 1 atom stereocenters. The predicted octanol–water partition coefficient (Wildman–Crippen LogP) is 1.83. The molecule has 0 aliphatic rings. The first-order valence-corrected chi connectivity index (χ1v) is 9.05. The standard InChI is InChI=1S/C17H21N5O2S/c1-10(2)9-18-14(23)11(3)25-17-20-19-16-21(4)15(24)12-7-5-6-8-13(12)22(16)17/h5-8,10-11H,9H2,1-4H3,(H,18,23). The minimum atomic E-state index is -0.317. The number of para-hydroxylation sites is 1. The molecule has 3 rings (SSSR count). The summed E-state index contributed by atoms with van der Waals surface area (Å²) in [6.45, 7) is 6.58. The van der Waals surface area contributed by atoms with E-state index in [4.69, 9.17) is 0 Å². The van der Waals surface area contributed by atoms with E-state index in [1.54, 1.807) is 13.1 Å². The zero-order valence-electron chi connectivity index (χ0n) is 14.7. The molecule has 7 nitrogen and oxygen atoms in total. The van der Waals surface area contributed by atoms with Gasteiger partial charge in [0.05, 0.1) is 16.2 Å². The molecule has 3 aromatic rings. The molecule has 0 spiro atoms. The SMILES string of the molecule is CC(C)CNC(=O)C(C)Sc1nnc2n(C)c(=O)c3ccccc3n12. The molecule has 0 saturated heterocycles. The van der Waals surface area contributed by atoms with Gasteiger partial charge >= 0.3 is 0 Å². The van der Waals surface area contributed by atoms with Gasteiger partial charge in [0.2, 0.25) is 11.7 Å². The number of carbonyl (C=O) groups excluding carboxylic acids is 1. The summed E-state index contributed by atoms with van der Waals surface area (Å²) in [5.41, 5.74) is 0.623. The van der Waals surface area contributed by atoms with Gasteiger partial charge in [0.15, 0.2) is 5.16 Å². The van der Waals surface area contributed by atoms with Crippen LogP contribution in [0.25, 0.3) is 16.7 Å². The van der Waals surface area contributed by atoms with Crippen LogP contribution < -0.4 is 10.9 Å². The van der Waals surface area contributed by atoms with E-state index in [1.165, 1.54) is 16.3 Å². The van der Waals surface area contributed by atoms with Gasteiger partial charge in [-0.2, -0.15) is 0 Å². The lowest BCUT2D eigenvalue weighted by Gasteiger charge is -2.13. The van der Waals surface area contributed by atoms with Crippen molar-refractivity contribution in [3.05, 3.63) is 34.6 Å². The number of fused-ring (bicyclic) bond motifs is 3. The average Bonchev–Trinajstić information content (AvgIpc) is 3.01. The van der Waals surface area contributed by atoms with Crippen molar-refractivity contribution < 1.29 is 4.79 Å². The number of aryl methyl sites for hydroxylation is 1. The van der Waals surface area contributed by atoms with Crippen LogP contribution >= 0.6 is 11.8 Å². The second-order valence-corrected chi connectivity index (χ2v) is 7.71. The van der Waals surface area contributed by atoms with Gasteiger partial charge in [0.25, 0.3) is 5.56 Å². The molecule has 0 radical (unpaired) electrons. The largest absolute Gasteiger partial charge is 0.355 e. The summed E-state index contributed by atoms with van der Waals surface area (Å²) < 4.78 is 3.30. The molecule has 1 N–H and O–H groups in total. The first-order chi connectivity index (χ1) is 11.9. The summed E-state index contributed by atoms with van der Waals surface area (Å²) >= 11 is 1.33. The number of hydrogen-bond acceptors (Lipinski definition) is 5. The molecule has 1 amide bonds. The van der Waals surface area contributed by atoms with E-state index in [1.807, 2.05) is 29.5 Å². The fourth-order valence-corrected chi connectivity index (χ4v) is 3.43. The van der Waals surface area contributed by atoms with E-state index < -0.39 is 0 Å². The lowest BCUT2D eigenvalue weighted by atomic mass is 10.2. The minimum Gasteiger partial charge on any atom is -0.355 e. The molecular weight excluding hydrogens is 338 g/mol. The number of benzene rings is 1. The zero-order valence-corrected chi connectivity index (χ0v) is 15.5. The van der Waals surface area contributed by atoms with Crippen molar-refractivity contribution >= 4 is 34.3 Å². The molecule has 2 aromatic heterocycles.